The summed E-state index contributed by atoms with van der Waals surface area (Å²) in [6.45, 7) is 1.41. The van der Waals surface area contributed by atoms with Crippen molar-refractivity contribution in [2.24, 2.45) is 7.05 Å². The quantitative estimate of drug-likeness (QED) is 0.408. The van der Waals surface area contributed by atoms with E-state index in [1.165, 1.54) is 13.0 Å². The molecule has 1 N–H and O–H groups in total. The Balaban J connectivity index is 1.63. The minimum Gasteiger partial charge on any atom is -0.326 e. The second-order valence-electron chi connectivity index (χ2n) is 7.80. The summed E-state index contributed by atoms with van der Waals surface area (Å²) in [7, 11) is 1.86. The van der Waals surface area contributed by atoms with E-state index < -0.39 is 11.6 Å². The Morgan fingerprint density at radius 3 is 2.42 bits per heavy atom. The first-order valence-corrected chi connectivity index (χ1v) is 10.2. The topological polar surface area (TPSA) is 64.7 Å². The summed E-state index contributed by atoms with van der Waals surface area (Å²) in [5.41, 5.74) is 6.01. The summed E-state index contributed by atoms with van der Waals surface area (Å²) < 4.78 is 30.9. The summed E-state index contributed by atoms with van der Waals surface area (Å²) in [5, 5.41) is 6.99. The Hall–Kier alpha value is -4.33. The second-order valence-corrected chi connectivity index (χ2v) is 7.80. The van der Waals surface area contributed by atoms with Crippen molar-refractivity contribution in [1.29, 1.82) is 0 Å². The third kappa shape index (κ3) is 3.98. The van der Waals surface area contributed by atoms with E-state index in [2.05, 4.69) is 15.4 Å². The van der Waals surface area contributed by atoms with Gasteiger partial charge >= 0.3 is 0 Å². The third-order valence-electron chi connectivity index (χ3n) is 5.35. The highest BCUT2D eigenvalue weighted by atomic mass is 19.2. The van der Waals surface area contributed by atoms with Crippen LogP contribution >= 0.6 is 0 Å². The molecule has 6 nitrogen and oxygen atoms in total. The second kappa shape index (κ2) is 7.98. The van der Waals surface area contributed by atoms with E-state index >= 15 is 0 Å². The number of aryl methyl sites for hydroxylation is 1. The molecule has 0 radical (unpaired) electrons. The van der Waals surface area contributed by atoms with Crippen LogP contribution in [0.1, 0.15) is 6.92 Å². The van der Waals surface area contributed by atoms with Crippen LogP contribution in [0, 0.1) is 11.6 Å². The van der Waals surface area contributed by atoms with Gasteiger partial charge in [0.2, 0.25) is 5.91 Å². The molecular formula is C25H19F2N5O. The van der Waals surface area contributed by atoms with E-state index in [0.29, 0.717) is 16.8 Å². The molecule has 164 valence electrons. The predicted molar refractivity (Wildman–Crippen MR) is 123 cm³/mol. The molecular weight excluding hydrogens is 424 g/mol. The van der Waals surface area contributed by atoms with Gasteiger partial charge in [-0.25, -0.2) is 13.8 Å². The fourth-order valence-corrected chi connectivity index (χ4v) is 3.84. The molecule has 0 unspecified atom stereocenters. The minimum absolute atomic E-state index is 0.236. The molecule has 5 rings (SSSR count). The van der Waals surface area contributed by atoms with Gasteiger partial charge in [-0.2, -0.15) is 5.10 Å². The molecule has 0 fully saturated rings. The van der Waals surface area contributed by atoms with E-state index in [1.54, 1.807) is 29.3 Å². The van der Waals surface area contributed by atoms with Gasteiger partial charge in [0.05, 0.1) is 17.2 Å². The number of nitrogens with one attached hydrogen (secondary N) is 1. The van der Waals surface area contributed by atoms with Crippen molar-refractivity contribution in [2.45, 2.75) is 6.92 Å². The average Bonchev–Trinajstić information content (AvgIpc) is 3.40. The lowest BCUT2D eigenvalue weighted by molar-refractivity contribution is -0.114. The van der Waals surface area contributed by atoms with Gasteiger partial charge in [-0.15, -0.1) is 0 Å². The highest BCUT2D eigenvalue weighted by Crippen LogP contribution is 2.31. The number of imidazole rings is 1. The molecule has 0 atom stereocenters. The van der Waals surface area contributed by atoms with Crippen molar-refractivity contribution >= 4 is 22.6 Å². The zero-order valence-corrected chi connectivity index (χ0v) is 17.9. The average molecular weight is 443 g/mol. The number of halogens is 2. The molecule has 2 heterocycles. The number of carbonyl (C=O) groups is 1. The molecule has 0 saturated heterocycles. The van der Waals surface area contributed by atoms with Crippen LogP contribution in [0.15, 0.2) is 73.3 Å². The molecule has 5 aromatic rings. The highest BCUT2D eigenvalue weighted by Gasteiger charge is 2.12. The molecule has 0 aliphatic carbocycles. The zero-order chi connectivity index (χ0) is 23.1. The smallest absolute Gasteiger partial charge is 0.221 e. The monoisotopic (exact) mass is 443 g/mol. The third-order valence-corrected chi connectivity index (χ3v) is 5.35. The van der Waals surface area contributed by atoms with Crippen LogP contribution in [0.4, 0.5) is 14.5 Å². The molecule has 3 aromatic carbocycles. The normalized spacial score (nSPS) is 11.2. The Morgan fingerprint density at radius 1 is 0.909 bits per heavy atom. The molecule has 33 heavy (non-hydrogen) atoms. The Morgan fingerprint density at radius 2 is 1.70 bits per heavy atom. The van der Waals surface area contributed by atoms with Gasteiger partial charge in [0, 0.05) is 37.1 Å². The van der Waals surface area contributed by atoms with Crippen LogP contribution < -0.4 is 5.32 Å². The largest absolute Gasteiger partial charge is 0.326 e. The van der Waals surface area contributed by atoms with Crippen molar-refractivity contribution in [1.82, 2.24) is 19.3 Å². The Kier molecular flexibility index (Phi) is 4.97. The van der Waals surface area contributed by atoms with E-state index in [0.717, 1.165) is 40.0 Å². The van der Waals surface area contributed by atoms with Crippen molar-refractivity contribution < 1.29 is 13.6 Å². The van der Waals surface area contributed by atoms with Gasteiger partial charge in [0.1, 0.15) is 6.33 Å². The minimum atomic E-state index is -0.935. The van der Waals surface area contributed by atoms with Gasteiger partial charge < -0.3 is 5.32 Å². The number of benzene rings is 3. The molecule has 0 bridgehead atoms. The van der Waals surface area contributed by atoms with E-state index in [-0.39, 0.29) is 5.91 Å². The summed E-state index contributed by atoms with van der Waals surface area (Å²) in [4.78, 5) is 16.2. The first kappa shape index (κ1) is 20.6. The van der Waals surface area contributed by atoms with Crippen LogP contribution in [0.5, 0.6) is 0 Å². The summed E-state index contributed by atoms with van der Waals surface area (Å²) in [5.74, 6) is -2.09. The number of hydrogen-bond donors (Lipinski definition) is 1. The van der Waals surface area contributed by atoms with E-state index in [1.807, 2.05) is 42.1 Å². The number of aromatic nitrogens is 4. The number of anilines is 1. The van der Waals surface area contributed by atoms with Gasteiger partial charge in [0.15, 0.2) is 11.6 Å². The molecule has 8 heteroatoms. The predicted octanol–water partition coefficient (Wildman–Crippen LogP) is 5.33. The number of nitrogens with zero attached hydrogens (tertiary/aromatic N) is 4. The highest BCUT2D eigenvalue weighted by molar-refractivity contribution is 5.91. The number of fused-ring (bicyclic) bond motifs is 1. The van der Waals surface area contributed by atoms with Crippen LogP contribution in [-0.2, 0) is 11.8 Å². The number of hydrogen-bond acceptors (Lipinski definition) is 3. The standard InChI is InChI=1S/C25H19F2N5O/c1-15(33)30-20-7-18(16-3-5-22(26)23(27)9-16)8-21(11-20)32-14-28-24-10-17(4-6-25(24)32)19-12-29-31(2)13-19/h3-14H,1-2H3,(H,30,33). The van der Waals surface area contributed by atoms with Crippen molar-refractivity contribution in [3.8, 4) is 27.9 Å². The van der Waals surface area contributed by atoms with Crippen molar-refractivity contribution in [2.75, 3.05) is 5.32 Å². The van der Waals surface area contributed by atoms with Gasteiger partial charge in [-0.1, -0.05) is 12.1 Å². The Labute approximate surface area is 188 Å². The zero-order valence-electron chi connectivity index (χ0n) is 17.9. The van der Waals surface area contributed by atoms with Gasteiger partial charge in [-0.05, 0) is 59.2 Å². The lowest BCUT2D eigenvalue weighted by Gasteiger charge is -2.12. The van der Waals surface area contributed by atoms with Gasteiger partial charge in [-0.3, -0.25) is 14.0 Å². The van der Waals surface area contributed by atoms with Crippen molar-refractivity contribution in [3.63, 3.8) is 0 Å². The fraction of sp³-hybridized carbons (Fsp3) is 0.0800. The maximum Gasteiger partial charge on any atom is 0.221 e. The van der Waals surface area contributed by atoms with Crippen molar-refractivity contribution in [3.05, 3.63) is 85.0 Å². The SMILES string of the molecule is CC(=O)Nc1cc(-c2ccc(F)c(F)c2)cc(-n2cnc3cc(-c4cnn(C)c4)ccc32)c1. The molecule has 0 spiro atoms. The maximum absolute atomic E-state index is 13.9. The summed E-state index contributed by atoms with van der Waals surface area (Å²) in [6.07, 6.45) is 5.42. The first-order valence-electron chi connectivity index (χ1n) is 10.2. The van der Waals surface area contributed by atoms with Crippen LogP contribution in [0.25, 0.3) is 39.0 Å². The maximum atomic E-state index is 13.9. The van der Waals surface area contributed by atoms with Crippen LogP contribution in [0.2, 0.25) is 0 Å². The van der Waals surface area contributed by atoms with E-state index in [9.17, 15) is 13.6 Å². The molecule has 1 amide bonds. The molecule has 0 aliphatic rings. The summed E-state index contributed by atoms with van der Waals surface area (Å²) in [6, 6.07) is 15.0. The van der Waals surface area contributed by atoms with Crippen LogP contribution in [-0.4, -0.2) is 25.2 Å². The van der Waals surface area contributed by atoms with Crippen LogP contribution in [0.3, 0.4) is 0 Å². The lowest BCUT2D eigenvalue weighted by atomic mass is 10.0. The number of rotatable bonds is 4. The molecule has 2 aromatic heterocycles. The summed E-state index contributed by atoms with van der Waals surface area (Å²) >= 11 is 0. The first-order chi connectivity index (χ1) is 15.9. The lowest BCUT2D eigenvalue weighted by Crippen LogP contribution is -2.06. The van der Waals surface area contributed by atoms with Gasteiger partial charge in [0.25, 0.3) is 0 Å². The number of amides is 1. The molecule has 0 aliphatic heterocycles. The number of carbonyl (C=O) groups excluding carboxylic acids is 1. The van der Waals surface area contributed by atoms with E-state index in [4.69, 9.17) is 0 Å². The fourth-order valence-electron chi connectivity index (χ4n) is 3.84. The Bertz CT molecular complexity index is 1520. The molecule has 0 saturated carbocycles.